The second-order valence-corrected chi connectivity index (χ2v) is 10.0. The molecule has 6 heteroatoms. The summed E-state index contributed by atoms with van der Waals surface area (Å²) < 4.78 is 6.66. The van der Waals surface area contributed by atoms with Gasteiger partial charge in [-0.25, -0.2) is 0 Å². The topological polar surface area (TPSA) is 71.5 Å². The van der Waals surface area contributed by atoms with E-state index in [1.807, 2.05) is 31.3 Å². The molecule has 1 saturated carbocycles. The average Bonchev–Trinajstić information content (AvgIpc) is 3.50. The molecule has 1 saturated heterocycles. The summed E-state index contributed by atoms with van der Waals surface area (Å²) in [4.78, 5) is 32.0. The van der Waals surface area contributed by atoms with Crippen molar-refractivity contribution < 1.29 is 14.3 Å². The maximum Gasteiger partial charge on any atom is 0.225 e. The lowest BCUT2D eigenvalue weighted by atomic mass is 9.71. The Kier molecular flexibility index (Phi) is 6.68. The third-order valence-corrected chi connectivity index (χ3v) is 8.14. The summed E-state index contributed by atoms with van der Waals surface area (Å²) >= 11 is 0. The molecule has 1 aliphatic heterocycles. The van der Waals surface area contributed by atoms with Gasteiger partial charge in [0.15, 0.2) is 0 Å². The first-order valence-electron chi connectivity index (χ1n) is 12.8. The van der Waals surface area contributed by atoms with E-state index in [0.717, 1.165) is 49.9 Å². The van der Waals surface area contributed by atoms with E-state index in [9.17, 15) is 9.59 Å². The van der Waals surface area contributed by atoms with Crippen LogP contribution in [0.15, 0.2) is 48.8 Å². The summed E-state index contributed by atoms with van der Waals surface area (Å²) in [6.07, 6.45) is 9.94. The summed E-state index contributed by atoms with van der Waals surface area (Å²) in [5, 5.41) is 3.26. The third-order valence-electron chi connectivity index (χ3n) is 8.14. The molecule has 3 aliphatic rings. The van der Waals surface area contributed by atoms with E-state index in [2.05, 4.69) is 33.4 Å². The first-order valence-corrected chi connectivity index (χ1v) is 12.8. The van der Waals surface area contributed by atoms with E-state index in [0.29, 0.717) is 18.9 Å². The normalized spacial score (nSPS) is 23.7. The van der Waals surface area contributed by atoms with Gasteiger partial charge in [0, 0.05) is 43.2 Å². The molecule has 2 heterocycles. The number of rotatable bonds is 6. The summed E-state index contributed by atoms with van der Waals surface area (Å²) in [7, 11) is 0. The van der Waals surface area contributed by atoms with Gasteiger partial charge in [-0.15, -0.1) is 0 Å². The van der Waals surface area contributed by atoms with Crippen molar-refractivity contribution in [2.24, 2.45) is 5.92 Å². The van der Waals surface area contributed by atoms with Gasteiger partial charge < -0.3 is 15.0 Å². The molecule has 34 heavy (non-hydrogen) atoms. The fourth-order valence-corrected chi connectivity index (χ4v) is 6.32. The Labute approximate surface area is 202 Å². The van der Waals surface area contributed by atoms with E-state index in [1.54, 1.807) is 6.20 Å². The highest BCUT2D eigenvalue weighted by atomic mass is 16.5. The molecular formula is C28H35N3O3. The Balaban J connectivity index is 1.43. The zero-order chi connectivity index (χ0) is 23.5. The van der Waals surface area contributed by atoms with E-state index in [1.165, 1.54) is 18.4 Å². The summed E-state index contributed by atoms with van der Waals surface area (Å²) in [6, 6.07) is 12.2. The van der Waals surface area contributed by atoms with E-state index >= 15 is 0 Å². The molecule has 0 unspecified atom stereocenters. The third kappa shape index (κ3) is 4.24. The molecule has 1 spiro atoms. The molecule has 0 radical (unpaired) electrons. The molecule has 0 bridgehead atoms. The minimum atomic E-state index is -0.225. The van der Waals surface area contributed by atoms with Crippen LogP contribution in [0.1, 0.15) is 74.6 Å². The van der Waals surface area contributed by atoms with Gasteiger partial charge in [-0.1, -0.05) is 50.1 Å². The quantitative estimate of drug-likeness (QED) is 0.696. The summed E-state index contributed by atoms with van der Waals surface area (Å²) in [6.45, 7) is 3.80. The Morgan fingerprint density at radius 3 is 2.59 bits per heavy atom. The van der Waals surface area contributed by atoms with Gasteiger partial charge in [0.2, 0.25) is 11.8 Å². The van der Waals surface area contributed by atoms with Gasteiger partial charge in [0.25, 0.3) is 0 Å². The predicted octanol–water partition coefficient (Wildman–Crippen LogP) is 4.30. The molecule has 6 nitrogen and oxygen atoms in total. The Bertz CT molecular complexity index is 1010. The van der Waals surface area contributed by atoms with Crippen LogP contribution in [0.3, 0.4) is 0 Å². The highest BCUT2D eigenvalue weighted by Crippen LogP contribution is 2.52. The van der Waals surface area contributed by atoms with Crippen LogP contribution in [-0.2, 0) is 26.3 Å². The van der Waals surface area contributed by atoms with Gasteiger partial charge in [-0.2, -0.15) is 0 Å². The number of carbonyl (C=O) groups excluding carboxylic acids is 2. The number of ether oxygens (including phenoxy) is 1. The smallest absolute Gasteiger partial charge is 0.225 e. The van der Waals surface area contributed by atoms with Crippen LogP contribution in [0, 0.1) is 5.92 Å². The minimum Gasteiger partial charge on any atom is -0.370 e. The number of likely N-dealkylation sites (tertiary alicyclic amines) is 1. The van der Waals surface area contributed by atoms with Crippen molar-refractivity contribution in [1.29, 1.82) is 0 Å². The van der Waals surface area contributed by atoms with E-state index in [4.69, 9.17) is 4.74 Å². The maximum absolute atomic E-state index is 13.1. The lowest BCUT2D eigenvalue weighted by Gasteiger charge is -2.45. The van der Waals surface area contributed by atoms with E-state index in [-0.39, 0.29) is 29.4 Å². The van der Waals surface area contributed by atoms with Crippen LogP contribution in [0.2, 0.25) is 0 Å². The molecule has 1 aromatic carbocycles. The molecule has 2 aromatic rings. The second kappa shape index (κ2) is 9.87. The van der Waals surface area contributed by atoms with Crippen molar-refractivity contribution in [2.45, 2.75) is 76.0 Å². The summed E-state index contributed by atoms with van der Waals surface area (Å²) in [5.74, 6) is 0.571. The van der Waals surface area contributed by atoms with Gasteiger partial charge >= 0.3 is 0 Å². The first kappa shape index (κ1) is 23.0. The fraction of sp³-hybridized carbons (Fsp3) is 0.536. The molecular weight excluding hydrogens is 426 g/mol. The van der Waals surface area contributed by atoms with Gasteiger partial charge in [-0.05, 0) is 48.4 Å². The highest BCUT2D eigenvalue weighted by molar-refractivity contribution is 5.79. The molecule has 180 valence electrons. The van der Waals surface area contributed by atoms with Crippen LogP contribution in [0.4, 0.5) is 0 Å². The van der Waals surface area contributed by atoms with Crippen LogP contribution < -0.4 is 5.32 Å². The molecule has 1 aromatic heterocycles. The number of benzene rings is 1. The van der Waals surface area contributed by atoms with Crippen molar-refractivity contribution in [3.05, 3.63) is 65.5 Å². The van der Waals surface area contributed by atoms with Crippen molar-refractivity contribution in [3.63, 3.8) is 0 Å². The van der Waals surface area contributed by atoms with Crippen LogP contribution in [0.5, 0.6) is 0 Å². The molecule has 2 atom stereocenters. The number of nitrogens with one attached hydrogen (secondary N) is 1. The number of pyridine rings is 1. The SMILES string of the molecule is CCC(=O)N[C@@H]1c2ccccc2C2(CCN(C(=O)C3CCCC3)CC2)[C@H]1OCc1cccnc1. The lowest BCUT2D eigenvalue weighted by Crippen LogP contribution is -2.52. The van der Waals surface area contributed by atoms with Gasteiger partial charge in [-0.3, -0.25) is 14.6 Å². The fourth-order valence-electron chi connectivity index (χ4n) is 6.32. The number of amides is 2. The molecule has 2 amide bonds. The van der Waals surface area contributed by atoms with Crippen molar-refractivity contribution in [1.82, 2.24) is 15.2 Å². The monoisotopic (exact) mass is 461 g/mol. The van der Waals surface area contributed by atoms with Crippen LogP contribution in [-0.4, -0.2) is 40.9 Å². The predicted molar refractivity (Wildman–Crippen MR) is 130 cm³/mol. The molecule has 1 N–H and O–H groups in total. The number of nitrogens with zero attached hydrogens (tertiary/aromatic N) is 2. The average molecular weight is 462 g/mol. The summed E-state index contributed by atoms with van der Waals surface area (Å²) in [5.41, 5.74) is 3.20. The molecule has 2 aliphatic carbocycles. The van der Waals surface area contributed by atoms with Crippen molar-refractivity contribution in [3.8, 4) is 0 Å². The van der Waals surface area contributed by atoms with E-state index < -0.39 is 0 Å². The Morgan fingerprint density at radius 1 is 1.12 bits per heavy atom. The minimum absolute atomic E-state index is 0.0284. The van der Waals surface area contributed by atoms with Crippen LogP contribution in [0.25, 0.3) is 0 Å². The van der Waals surface area contributed by atoms with Crippen LogP contribution >= 0.6 is 0 Å². The van der Waals surface area contributed by atoms with Crippen molar-refractivity contribution >= 4 is 11.8 Å². The number of hydrogen-bond acceptors (Lipinski definition) is 4. The maximum atomic E-state index is 13.1. The Morgan fingerprint density at radius 2 is 1.88 bits per heavy atom. The largest absolute Gasteiger partial charge is 0.370 e. The zero-order valence-corrected chi connectivity index (χ0v) is 20.0. The number of fused-ring (bicyclic) bond motifs is 2. The molecule has 5 rings (SSSR count). The zero-order valence-electron chi connectivity index (χ0n) is 20.0. The second-order valence-electron chi connectivity index (χ2n) is 10.0. The van der Waals surface area contributed by atoms with Gasteiger partial charge in [0.1, 0.15) is 0 Å². The Hall–Kier alpha value is -2.73. The van der Waals surface area contributed by atoms with Gasteiger partial charge in [0.05, 0.1) is 18.8 Å². The number of hydrogen-bond donors (Lipinski definition) is 1. The number of aromatic nitrogens is 1. The molecule has 2 fully saturated rings. The number of carbonyl (C=O) groups is 2. The lowest BCUT2D eigenvalue weighted by molar-refractivity contribution is -0.138. The first-order chi connectivity index (χ1) is 16.6. The standard InChI is InChI=1S/C28H35N3O3/c1-2-24(32)30-25-22-11-5-6-12-23(22)28(26(25)34-19-20-8-7-15-29-18-20)13-16-31(17-14-28)27(33)21-9-3-4-10-21/h5-8,11-12,15,18,21,25-26H,2-4,9-10,13-14,16-17,19H2,1H3,(H,30,32)/t25-,26+/m1/s1. The van der Waals surface area contributed by atoms with Crippen molar-refractivity contribution in [2.75, 3.05) is 13.1 Å². The number of piperidine rings is 1. The highest BCUT2D eigenvalue weighted by Gasteiger charge is 2.54.